The summed E-state index contributed by atoms with van der Waals surface area (Å²) in [5.74, 6) is 2.47. The van der Waals surface area contributed by atoms with E-state index < -0.39 is 0 Å². The van der Waals surface area contributed by atoms with Crippen molar-refractivity contribution in [2.45, 2.75) is 57.9 Å². The minimum absolute atomic E-state index is 0.0354. The van der Waals surface area contributed by atoms with E-state index in [9.17, 15) is 0 Å². The van der Waals surface area contributed by atoms with Gasteiger partial charge in [-0.05, 0) is 48.8 Å². The van der Waals surface area contributed by atoms with Crippen LogP contribution in [0.1, 0.15) is 52.0 Å². The maximum atomic E-state index is 6.12. The van der Waals surface area contributed by atoms with E-state index in [1.807, 2.05) is 12.1 Å². The highest BCUT2D eigenvalue weighted by Gasteiger charge is 2.24. The molecule has 1 aliphatic carbocycles. The number of rotatable bonds is 5. The number of benzene rings is 1. The fourth-order valence-electron chi connectivity index (χ4n) is 3.09. The number of hydrogen-bond donors (Lipinski definition) is 1. The summed E-state index contributed by atoms with van der Waals surface area (Å²) in [6.07, 6.45) is 4.73. The first-order chi connectivity index (χ1) is 9.91. The lowest BCUT2D eigenvalue weighted by atomic mass is 9.86. The Morgan fingerprint density at radius 2 is 2.00 bits per heavy atom. The number of methoxy groups -OCH3 is 1. The summed E-state index contributed by atoms with van der Waals surface area (Å²) in [6, 6.07) is 6.43. The van der Waals surface area contributed by atoms with E-state index in [1.54, 1.807) is 7.11 Å². The topological polar surface area (TPSA) is 44.5 Å². The molecule has 1 saturated carbocycles. The summed E-state index contributed by atoms with van der Waals surface area (Å²) >= 11 is 0. The Morgan fingerprint density at radius 1 is 1.24 bits per heavy atom. The third-order valence-corrected chi connectivity index (χ3v) is 4.46. The lowest BCUT2D eigenvalue weighted by Crippen LogP contribution is -2.25. The Labute approximate surface area is 128 Å². The Morgan fingerprint density at radius 3 is 2.57 bits per heavy atom. The van der Waals surface area contributed by atoms with Gasteiger partial charge < -0.3 is 15.2 Å². The Hall–Kier alpha value is -1.22. The molecule has 2 unspecified atom stereocenters. The monoisotopic (exact) mass is 291 g/mol. The van der Waals surface area contributed by atoms with E-state index in [-0.39, 0.29) is 5.41 Å². The van der Waals surface area contributed by atoms with E-state index >= 15 is 0 Å². The van der Waals surface area contributed by atoms with Crippen molar-refractivity contribution >= 4 is 0 Å². The van der Waals surface area contributed by atoms with Crippen molar-refractivity contribution in [3.05, 3.63) is 23.8 Å². The average Bonchev–Trinajstić information content (AvgIpc) is 2.83. The Balaban J connectivity index is 2.02. The van der Waals surface area contributed by atoms with Gasteiger partial charge in [0.05, 0.1) is 13.7 Å². The maximum absolute atomic E-state index is 6.12. The molecule has 1 aliphatic rings. The first kappa shape index (κ1) is 16.2. The van der Waals surface area contributed by atoms with Gasteiger partial charge in [-0.1, -0.05) is 27.2 Å². The van der Waals surface area contributed by atoms with Crippen LogP contribution in [0.4, 0.5) is 0 Å². The van der Waals surface area contributed by atoms with Crippen molar-refractivity contribution in [3.63, 3.8) is 0 Å². The first-order valence-electron chi connectivity index (χ1n) is 7.98. The quantitative estimate of drug-likeness (QED) is 0.895. The second-order valence-electron chi connectivity index (χ2n) is 7.10. The van der Waals surface area contributed by atoms with E-state index in [0.717, 1.165) is 24.5 Å². The van der Waals surface area contributed by atoms with Crippen molar-refractivity contribution in [1.29, 1.82) is 0 Å². The van der Waals surface area contributed by atoms with Gasteiger partial charge in [0.2, 0.25) is 0 Å². The van der Waals surface area contributed by atoms with Crippen LogP contribution >= 0.6 is 0 Å². The molecule has 1 aromatic carbocycles. The second-order valence-corrected chi connectivity index (χ2v) is 7.10. The van der Waals surface area contributed by atoms with E-state index in [1.165, 1.54) is 24.8 Å². The van der Waals surface area contributed by atoms with Gasteiger partial charge in [0.1, 0.15) is 11.5 Å². The zero-order chi connectivity index (χ0) is 15.5. The second kappa shape index (κ2) is 6.69. The highest BCUT2D eigenvalue weighted by Crippen LogP contribution is 2.35. The molecule has 1 fully saturated rings. The number of ether oxygens (including phenoxy) is 2. The molecule has 3 heteroatoms. The molecule has 0 saturated heterocycles. The molecular formula is C18H29NO2. The smallest absolute Gasteiger partial charge is 0.123 e. The van der Waals surface area contributed by atoms with E-state index in [0.29, 0.717) is 12.0 Å². The summed E-state index contributed by atoms with van der Waals surface area (Å²) in [4.78, 5) is 0. The van der Waals surface area contributed by atoms with Crippen LogP contribution in [0.3, 0.4) is 0 Å². The lowest BCUT2D eigenvalue weighted by Gasteiger charge is -2.24. The molecule has 0 aromatic heterocycles. The molecule has 0 heterocycles. The molecule has 2 rings (SSSR count). The standard InChI is InChI=1S/C18H29NO2/c1-18(2,3)15-12-14(20-4)8-9-17(15)21-11-10-13-6-5-7-16(13)19/h8-9,12-13,16H,5-7,10-11,19H2,1-4H3. The maximum Gasteiger partial charge on any atom is 0.123 e. The van der Waals surface area contributed by atoms with E-state index in [2.05, 4.69) is 26.8 Å². The van der Waals surface area contributed by atoms with Crippen LogP contribution in [0.2, 0.25) is 0 Å². The molecule has 0 aliphatic heterocycles. The van der Waals surface area contributed by atoms with Crippen molar-refractivity contribution in [2.75, 3.05) is 13.7 Å². The highest BCUT2D eigenvalue weighted by molar-refractivity contribution is 5.44. The molecule has 0 bridgehead atoms. The largest absolute Gasteiger partial charge is 0.497 e. The van der Waals surface area contributed by atoms with Gasteiger partial charge in [-0.15, -0.1) is 0 Å². The van der Waals surface area contributed by atoms with Crippen molar-refractivity contribution in [2.24, 2.45) is 11.7 Å². The van der Waals surface area contributed by atoms with Gasteiger partial charge in [-0.25, -0.2) is 0 Å². The molecule has 2 atom stereocenters. The zero-order valence-corrected chi connectivity index (χ0v) is 13.8. The normalized spacial score (nSPS) is 22.3. The van der Waals surface area contributed by atoms with E-state index in [4.69, 9.17) is 15.2 Å². The number of nitrogens with two attached hydrogens (primary N) is 1. The molecule has 3 nitrogen and oxygen atoms in total. The Bertz CT molecular complexity index is 465. The molecule has 118 valence electrons. The first-order valence-corrected chi connectivity index (χ1v) is 7.98. The van der Waals surface area contributed by atoms with Crippen LogP contribution in [-0.4, -0.2) is 19.8 Å². The third kappa shape index (κ3) is 4.13. The number of hydrogen-bond acceptors (Lipinski definition) is 3. The molecule has 0 amide bonds. The lowest BCUT2D eigenvalue weighted by molar-refractivity contribution is 0.265. The van der Waals surface area contributed by atoms with Crippen molar-refractivity contribution in [1.82, 2.24) is 0 Å². The zero-order valence-electron chi connectivity index (χ0n) is 13.8. The minimum atomic E-state index is 0.0354. The Kier molecular flexibility index (Phi) is 5.15. The SMILES string of the molecule is COc1ccc(OCCC2CCCC2N)c(C(C)(C)C)c1. The summed E-state index contributed by atoms with van der Waals surface area (Å²) in [5.41, 5.74) is 7.35. The summed E-state index contributed by atoms with van der Waals surface area (Å²) in [7, 11) is 1.70. The fourth-order valence-corrected chi connectivity index (χ4v) is 3.09. The van der Waals surface area contributed by atoms with Gasteiger partial charge in [-0.2, -0.15) is 0 Å². The molecular weight excluding hydrogens is 262 g/mol. The molecule has 2 N–H and O–H groups in total. The van der Waals surface area contributed by atoms with Gasteiger partial charge in [0, 0.05) is 11.6 Å². The summed E-state index contributed by atoms with van der Waals surface area (Å²) < 4.78 is 11.4. The minimum Gasteiger partial charge on any atom is -0.497 e. The van der Waals surface area contributed by atoms with Crippen LogP contribution in [0.15, 0.2) is 18.2 Å². The summed E-state index contributed by atoms with van der Waals surface area (Å²) in [6.45, 7) is 7.33. The van der Waals surface area contributed by atoms with Gasteiger partial charge >= 0.3 is 0 Å². The fraction of sp³-hybridized carbons (Fsp3) is 0.667. The van der Waals surface area contributed by atoms with Crippen LogP contribution in [0, 0.1) is 5.92 Å². The van der Waals surface area contributed by atoms with Crippen molar-refractivity contribution < 1.29 is 9.47 Å². The van der Waals surface area contributed by atoms with Gasteiger partial charge in [0.25, 0.3) is 0 Å². The van der Waals surface area contributed by atoms with Crippen LogP contribution in [0.25, 0.3) is 0 Å². The third-order valence-electron chi connectivity index (χ3n) is 4.46. The van der Waals surface area contributed by atoms with Gasteiger partial charge in [0.15, 0.2) is 0 Å². The van der Waals surface area contributed by atoms with Crippen LogP contribution in [-0.2, 0) is 5.41 Å². The highest BCUT2D eigenvalue weighted by atomic mass is 16.5. The van der Waals surface area contributed by atoms with Crippen LogP contribution in [0.5, 0.6) is 11.5 Å². The molecule has 1 aromatic rings. The average molecular weight is 291 g/mol. The predicted molar refractivity (Wildman–Crippen MR) is 87.1 cm³/mol. The predicted octanol–water partition coefficient (Wildman–Crippen LogP) is 3.89. The van der Waals surface area contributed by atoms with Crippen LogP contribution < -0.4 is 15.2 Å². The summed E-state index contributed by atoms with van der Waals surface area (Å²) in [5, 5.41) is 0. The van der Waals surface area contributed by atoms with Gasteiger partial charge in [-0.3, -0.25) is 0 Å². The molecule has 0 spiro atoms. The van der Waals surface area contributed by atoms with Crippen molar-refractivity contribution in [3.8, 4) is 11.5 Å². The molecule has 0 radical (unpaired) electrons. The molecule has 21 heavy (non-hydrogen) atoms.